The molecule has 3 unspecified atom stereocenters. The minimum Gasteiger partial charge on any atom is -0.468 e. The van der Waals surface area contributed by atoms with Gasteiger partial charge in [0.15, 0.2) is 0 Å². The van der Waals surface area contributed by atoms with E-state index in [0.717, 1.165) is 11.1 Å². The summed E-state index contributed by atoms with van der Waals surface area (Å²) in [4.78, 5) is 52.7. The molecular weight excluding hydrogens is 466 g/mol. The van der Waals surface area contributed by atoms with E-state index < -0.39 is 48.2 Å². The molecule has 0 aromatic heterocycles. The quantitative estimate of drug-likeness (QED) is 0.392. The first-order valence-corrected chi connectivity index (χ1v) is 12.1. The first-order chi connectivity index (χ1) is 16.7. The predicted molar refractivity (Wildman–Crippen MR) is 135 cm³/mol. The average Bonchev–Trinajstić information content (AvgIpc) is 2.77. The molecule has 0 aliphatic heterocycles. The van der Waals surface area contributed by atoms with Crippen LogP contribution in [-0.2, 0) is 23.9 Å². The summed E-state index contributed by atoms with van der Waals surface area (Å²) in [5.74, 6) is -2.12. The molecule has 0 saturated carbocycles. The number of benzene rings is 1. The van der Waals surface area contributed by atoms with Crippen molar-refractivity contribution in [3.8, 4) is 0 Å². The van der Waals surface area contributed by atoms with Crippen LogP contribution in [0.1, 0.15) is 63.8 Å². The smallest absolute Gasteiger partial charge is 0.408 e. The number of amides is 3. The summed E-state index contributed by atoms with van der Waals surface area (Å²) in [6, 6.07) is 3.29. The SMILES string of the molecule is CCC(C)C(NC(=O)OC(C)(C)C)C(=O)N(CCO)C(C(=O)NCC(=O)OC)c1cc(C)cc(C)c1. The molecule has 10 heteroatoms. The van der Waals surface area contributed by atoms with Crippen LogP contribution in [0.2, 0.25) is 0 Å². The monoisotopic (exact) mass is 507 g/mol. The second-order valence-corrected chi connectivity index (χ2v) is 9.88. The van der Waals surface area contributed by atoms with E-state index in [-0.39, 0.29) is 19.0 Å². The molecule has 0 spiro atoms. The van der Waals surface area contributed by atoms with Gasteiger partial charge in [0, 0.05) is 6.54 Å². The van der Waals surface area contributed by atoms with Gasteiger partial charge in [-0.1, -0.05) is 49.6 Å². The van der Waals surface area contributed by atoms with Crippen molar-refractivity contribution < 1.29 is 33.8 Å². The molecule has 3 N–H and O–H groups in total. The van der Waals surface area contributed by atoms with E-state index in [2.05, 4.69) is 15.4 Å². The van der Waals surface area contributed by atoms with Gasteiger partial charge in [-0.15, -0.1) is 0 Å². The Bertz CT molecular complexity index is 906. The zero-order chi connectivity index (χ0) is 27.6. The van der Waals surface area contributed by atoms with Crippen LogP contribution in [0.4, 0.5) is 4.79 Å². The highest BCUT2D eigenvalue weighted by atomic mass is 16.6. The molecule has 1 aromatic rings. The van der Waals surface area contributed by atoms with Crippen molar-refractivity contribution in [2.75, 3.05) is 26.8 Å². The Morgan fingerprint density at radius 2 is 1.67 bits per heavy atom. The number of aliphatic hydroxyl groups excluding tert-OH is 1. The van der Waals surface area contributed by atoms with E-state index in [1.165, 1.54) is 12.0 Å². The minimum absolute atomic E-state index is 0.176. The number of carbonyl (C=O) groups excluding carboxylic acids is 4. The summed E-state index contributed by atoms with van der Waals surface area (Å²) < 4.78 is 9.97. The molecule has 0 fully saturated rings. The molecule has 0 radical (unpaired) electrons. The molecule has 0 bridgehead atoms. The standard InChI is InChI=1S/C26H41N3O7/c1-9-18(4)21(28-25(34)36-26(5,6)7)24(33)29(10-11-30)22(23(32)27-15-20(31)35-8)19-13-16(2)12-17(3)14-19/h12-14,18,21-22,30H,9-11,15H2,1-8H3,(H,27,32)(H,28,34). The van der Waals surface area contributed by atoms with E-state index in [0.29, 0.717) is 12.0 Å². The number of hydrogen-bond acceptors (Lipinski definition) is 7. The normalized spacial score (nSPS) is 13.7. The van der Waals surface area contributed by atoms with Gasteiger partial charge < -0.3 is 30.1 Å². The summed E-state index contributed by atoms with van der Waals surface area (Å²) >= 11 is 0. The van der Waals surface area contributed by atoms with Crippen molar-refractivity contribution >= 4 is 23.9 Å². The summed E-state index contributed by atoms with van der Waals surface area (Å²) in [5.41, 5.74) is 1.49. The van der Waals surface area contributed by atoms with Gasteiger partial charge >= 0.3 is 12.1 Å². The van der Waals surface area contributed by atoms with Crippen LogP contribution < -0.4 is 10.6 Å². The Hall–Kier alpha value is -3.14. The highest BCUT2D eigenvalue weighted by Gasteiger charge is 2.38. The Kier molecular flexibility index (Phi) is 11.9. The number of esters is 1. The summed E-state index contributed by atoms with van der Waals surface area (Å²) in [7, 11) is 1.20. The van der Waals surface area contributed by atoms with Crippen LogP contribution in [-0.4, -0.2) is 72.3 Å². The molecule has 0 aliphatic carbocycles. The number of aliphatic hydroxyl groups is 1. The van der Waals surface area contributed by atoms with Crippen LogP contribution in [0, 0.1) is 19.8 Å². The topological polar surface area (TPSA) is 134 Å². The third-order valence-electron chi connectivity index (χ3n) is 5.53. The summed E-state index contributed by atoms with van der Waals surface area (Å²) in [6.45, 7) is 11.6. The Balaban J connectivity index is 3.51. The van der Waals surface area contributed by atoms with E-state index >= 15 is 0 Å². The van der Waals surface area contributed by atoms with Crippen LogP contribution in [0.15, 0.2) is 18.2 Å². The fourth-order valence-corrected chi connectivity index (χ4v) is 3.74. The van der Waals surface area contributed by atoms with Crippen LogP contribution in [0.5, 0.6) is 0 Å². The van der Waals surface area contributed by atoms with Crippen LogP contribution >= 0.6 is 0 Å². The fourth-order valence-electron chi connectivity index (χ4n) is 3.74. The van der Waals surface area contributed by atoms with Gasteiger partial charge in [-0.2, -0.15) is 0 Å². The zero-order valence-corrected chi connectivity index (χ0v) is 22.6. The number of hydrogen-bond donors (Lipinski definition) is 3. The Morgan fingerprint density at radius 3 is 2.14 bits per heavy atom. The molecule has 0 saturated heterocycles. The van der Waals surface area contributed by atoms with E-state index in [1.807, 2.05) is 26.8 Å². The lowest BCUT2D eigenvalue weighted by Crippen LogP contribution is -2.56. The summed E-state index contributed by atoms with van der Waals surface area (Å²) in [5, 5.41) is 15.0. The highest BCUT2D eigenvalue weighted by molar-refractivity contribution is 5.93. The molecule has 202 valence electrons. The lowest BCUT2D eigenvalue weighted by atomic mass is 9.94. The van der Waals surface area contributed by atoms with Crippen molar-refractivity contribution in [3.05, 3.63) is 34.9 Å². The number of ether oxygens (including phenoxy) is 2. The first kappa shape index (κ1) is 30.9. The molecule has 3 amide bonds. The van der Waals surface area contributed by atoms with E-state index in [4.69, 9.17) is 4.74 Å². The number of carbonyl (C=O) groups is 4. The van der Waals surface area contributed by atoms with Crippen molar-refractivity contribution in [1.82, 2.24) is 15.5 Å². The minimum atomic E-state index is -1.17. The summed E-state index contributed by atoms with van der Waals surface area (Å²) in [6.07, 6.45) is -0.203. The number of methoxy groups -OCH3 is 1. The molecule has 0 heterocycles. The molecule has 0 aliphatic rings. The zero-order valence-electron chi connectivity index (χ0n) is 22.6. The van der Waals surface area contributed by atoms with Crippen molar-refractivity contribution in [2.45, 2.75) is 72.6 Å². The maximum atomic E-state index is 13.9. The van der Waals surface area contributed by atoms with Gasteiger partial charge in [-0.25, -0.2) is 4.79 Å². The van der Waals surface area contributed by atoms with Gasteiger partial charge in [0.2, 0.25) is 11.8 Å². The third-order valence-corrected chi connectivity index (χ3v) is 5.53. The van der Waals surface area contributed by atoms with Crippen LogP contribution in [0.25, 0.3) is 0 Å². The van der Waals surface area contributed by atoms with E-state index in [1.54, 1.807) is 39.8 Å². The molecule has 10 nitrogen and oxygen atoms in total. The van der Waals surface area contributed by atoms with Crippen molar-refractivity contribution in [2.24, 2.45) is 5.92 Å². The lowest BCUT2D eigenvalue weighted by molar-refractivity contribution is -0.145. The largest absolute Gasteiger partial charge is 0.468 e. The molecular formula is C26H41N3O7. The predicted octanol–water partition coefficient (Wildman–Crippen LogP) is 2.39. The second kappa shape index (κ2) is 13.8. The Morgan fingerprint density at radius 1 is 1.08 bits per heavy atom. The van der Waals surface area contributed by atoms with Gasteiger partial charge in [-0.05, 0) is 46.1 Å². The maximum Gasteiger partial charge on any atom is 0.408 e. The number of nitrogens with zero attached hydrogens (tertiary/aromatic N) is 1. The van der Waals surface area contributed by atoms with Gasteiger partial charge in [0.25, 0.3) is 0 Å². The Labute approximate surface area is 213 Å². The van der Waals surface area contributed by atoms with Gasteiger partial charge in [0.05, 0.1) is 13.7 Å². The third kappa shape index (κ3) is 9.49. The number of nitrogens with one attached hydrogen (secondary N) is 2. The molecule has 36 heavy (non-hydrogen) atoms. The molecule has 1 rings (SSSR count). The van der Waals surface area contributed by atoms with Gasteiger partial charge in [0.1, 0.15) is 24.2 Å². The average molecular weight is 508 g/mol. The number of aryl methyl sites for hydroxylation is 2. The lowest BCUT2D eigenvalue weighted by Gasteiger charge is -2.35. The van der Waals surface area contributed by atoms with Crippen molar-refractivity contribution in [3.63, 3.8) is 0 Å². The maximum absolute atomic E-state index is 13.9. The van der Waals surface area contributed by atoms with E-state index in [9.17, 15) is 24.3 Å². The fraction of sp³-hybridized carbons (Fsp3) is 0.615. The second-order valence-electron chi connectivity index (χ2n) is 9.88. The molecule has 3 atom stereocenters. The van der Waals surface area contributed by atoms with Crippen molar-refractivity contribution in [1.29, 1.82) is 0 Å². The first-order valence-electron chi connectivity index (χ1n) is 12.1. The number of alkyl carbamates (subject to hydrolysis) is 1. The van der Waals surface area contributed by atoms with Gasteiger partial charge in [-0.3, -0.25) is 14.4 Å². The number of rotatable bonds is 11. The molecule has 1 aromatic carbocycles. The van der Waals surface area contributed by atoms with Crippen LogP contribution in [0.3, 0.4) is 0 Å². The highest BCUT2D eigenvalue weighted by Crippen LogP contribution is 2.26.